The van der Waals surface area contributed by atoms with Crippen LogP contribution < -0.4 is 21.7 Å². The molecule has 0 aliphatic heterocycles. The average molecular weight is 417 g/mol. The van der Waals surface area contributed by atoms with Gasteiger partial charge in [-0.15, -0.1) is 0 Å². The predicted octanol–water partition coefficient (Wildman–Crippen LogP) is -0.654. The molecule has 0 fully saturated rings. The van der Waals surface area contributed by atoms with Crippen molar-refractivity contribution in [3.8, 4) is 0 Å². The van der Waals surface area contributed by atoms with E-state index in [4.69, 9.17) is 10.8 Å². The minimum Gasteiger partial charge on any atom is -0.480 e. The molecule has 0 aliphatic rings. The lowest BCUT2D eigenvalue weighted by molar-refractivity contribution is -0.145. The van der Waals surface area contributed by atoms with Crippen LogP contribution in [0.3, 0.4) is 0 Å². The fourth-order valence-corrected chi connectivity index (χ4v) is 2.64. The Morgan fingerprint density at radius 1 is 0.793 bits per heavy atom. The van der Waals surface area contributed by atoms with E-state index in [1.165, 1.54) is 13.8 Å². The van der Waals surface area contributed by atoms with Crippen LogP contribution in [0.1, 0.15) is 54.4 Å². The second-order valence-corrected chi connectivity index (χ2v) is 8.22. The number of carboxylic acid groups (broad SMARTS) is 1. The smallest absolute Gasteiger partial charge is 0.328 e. The van der Waals surface area contributed by atoms with Crippen molar-refractivity contribution < 1.29 is 29.4 Å². The first-order chi connectivity index (χ1) is 13.3. The number of aliphatic hydroxyl groups excluding tert-OH is 1. The van der Waals surface area contributed by atoms with Crippen molar-refractivity contribution in [2.45, 2.75) is 84.7 Å². The molecule has 5 atom stereocenters. The molecule has 0 aromatic carbocycles. The van der Waals surface area contributed by atoms with Crippen molar-refractivity contribution in [1.29, 1.82) is 0 Å². The average Bonchev–Trinajstić information content (AvgIpc) is 2.56. The molecule has 0 saturated carbocycles. The highest BCUT2D eigenvalue weighted by molar-refractivity contribution is 5.93. The number of hydrogen-bond donors (Lipinski definition) is 6. The molecule has 0 bridgehead atoms. The normalized spacial score (nSPS) is 16.5. The molecule has 10 nitrogen and oxygen atoms in total. The van der Waals surface area contributed by atoms with E-state index >= 15 is 0 Å². The number of amides is 3. The molecule has 0 aromatic rings. The summed E-state index contributed by atoms with van der Waals surface area (Å²) in [5.74, 6) is -2.94. The van der Waals surface area contributed by atoms with Gasteiger partial charge in [-0.3, -0.25) is 14.4 Å². The summed E-state index contributed by atoms with van der Waals surface area (Å²) in [6.07, 6.45) is -0.598. The van der Waals surface area contributed by atoms with Crippen LogP contribution in [-0.2, 0) is 19.2 Å². The monoisotopic (exact) mass is 416 g/mol. The highest BCUT2D eigenvalue weighted by Crippen LogP contribution is 2.07. The molecule has 0 spiro atoms. The van der Waals surface area contributed by atoms with Gasteiger partial charge in [-0.25, -0.2) is 4.79 Å². The lowest BCUT2D eigenvalue weighted by atomic mass is 10.0. The lowest BCUT2D eigenvalue weighted by Crippen LogP contribution is -2.58. The van der Waals surface area contributed by atoms with Crippen LogP contribution in [0.25, 0.3) is 0 Å². The summed E-state index contributed by atoms with van der Waals surface area (Å²) in [7, 11) is 0. The summed E-state index contributed by atoms with van der Waals surface area (Å²) in [5, 5.41) is 25.9. The van der Waals surface area contributed by atoms with Gasteiger partial charge in [-0.2, -0.15) is 0 Å². The van der Waals surface area contributed by atoms with Crippen molar-refractivity contribution in [1.82, 2.24) is 16.0 Å². The molecular formula is C19H36N4O6. The van der Waals surface area contributed by atoms with Gasteiger partial charge in [-0.05, 0) is 38.5 Å². The Labute approximate surface area is 172 Å². The van der Waals surface area contributed by atoms with Crippen molar-refractivity contribution in [3.63, 3.8) is 0 Å². The fraction of sp³-hybridized carbons (Fsp3) is 0.789. The molecule has 168 valence electrons. The summed E-state index contributed by atoms with van der Waals surface area (Å²) in [5.41, 5.74) is 5.81. The largest absolute Gasteiger partial charge is 0.480 e. The molecule has 3 amide bonds. The molecule has 0 rings (SSSR count). The van der Waals surface area contributed by atoms with Crippen molar-refractivity contribution >= 4 is 23.7 Å². The molecular weight excluding hydrogens is 380 g/mol. The van der Waals surface area contributed by atoms with E-state index in [0.717, 1.165) is 0 Å². The molecule has 7 N–H and O–H groups in total. The predicted molar refractivity (Wildman–Crippen MR) is 108 cm³/mol. The number of nitrogens with two attached hydrogens (primary N) is 1. The Morgan fingerprint density at radius 3 is 1.72 bits per heavy atom. The van der Waals surface area contributed by atoms with Gasteiger partial charge in [0.05, 0.1) is 12.1 Å². The highest BCUT2D eigenvalue weighted by atomic mass is 16.4. The van der Waals surface area contributed by atoms with Crippen molar-refractivity contribution in [3.05, 3.63) is 0 Å². The summed E-state index contributed by atoms with van der Waals surface area (Å²) in [6.45, 7) is 10.2. The number of hydrogen-bond acceptors (Lipinski definition) is 6. The van der Waals surface area contributed by atoms with Crippen LogP contribution in [0.2, 0.25) is 0 Å². The maximum Gasteiger partial charge on any atom is 0.328 e. The summed E-state index contributed by atoms with van der Waals surface area (Å²) >= 11 is 0. The summed E-state index contributed by atoms with van der Waals surface area (Å²) in [6, 6.07) is -4.20. The molecule has 0 aliphatic carbocycles. The number of carbonyl (C=O) groups excluding carboxylic acids is 3. The minimum absolute atomic E-state index is 0.0187. The quantitative estimate of drug-likeness (QED) is 0.245. The van der Waals surface area contributed by atoms with Gasteiger partial charge in [0.2, 0.25) is 17.7 Å². The third-order valence-electron chi connectivity index (χ3n) is 4.20. The van der Waals surface area contributed by atoms with E-state index in [2.05, 4.69) is 16.0 Å². The Hall–Kier alpha value is -2.20. The second-order valence-electron chi connectivity index (χ2n) is 8.22. The van der Waals surface area contributed by atoms with Crippen LogP contribution in [0.15, 0.2) is 0 Å². The Bertz CT molecular complexity index is 579. The molecule has 0 radical (unpaired) electrons. The fourth-order valence-electron chi connectivity index (χ4n) is 2.64. The SMILES string of the molecule is CC(C)CC(N)C(=O)NC(C)C(=O)NC(CC(C)C)C(=O)NC(C(=O)O)C(C)O. The summed E-state index contributed by atoms with van der Waals surface area (Å²) < 4.78 is 0. The first-order valence-electron chi connectivity index (χ1n) is 9.83. The minimum atomic E-state index is -1.50. The van der Waals surface area contributed by atoms with E-state index in [1.54, 1.807) is 0 Å². The third-order valence-corrected chi connectivity index (χ3v) is 4.20. The molecule has 0 saturated heterocycles. The number of carbonyl (C=O) groups is 4. The van der Waals surface area contributed by atoms with Crippen LogP contribution in [0.5, 0.6) is 0 Å². The van der Waals surface area contributed by atoms with Crippen molar-refractivity contribution in [2.75, 3.05) is 0 Å². The van der Waals surface area contributed by atoms with E-state index in [9.17, 15) is 24.3 Å². The zero-order chi connectivity index (χ0) is 22.9. The van der Waals surface area contributed by atoms with Crippen LogP contribution >= 0.6 is 0 Å². The number of carboxylic acids is 1. The Kier molecular flexibility index (Phi) is 11.4. The van der Waals surface area contributed by atoms with Crippen LogP contribution in [-0.4, -0.2) is 64.2 Å². The lowest BCUT2D eigenvalue weighted by Gasteiger charge is -2.25. The molecule has 0 aromatic heterocycles. The number of rotatable bonds is 12. The number of aliphatic carboxylic acids is 1. The van der Waals surface area contributed by atoms with Gasteiger partial charge in [0.25, 0.3) is 0 Å². The molecule has 5 unspecified atom stereocenters. The second kappa shape index (κ2) is 12.4. The first kappa shape index (κ1) is 26.8. The van der Waals surface area contributed by atoms with Gasteiger partial charge >= 0.3 is 5.97 Å². The maximum atomic E-state index is 12.5. The van der Waals surface area contributed by atoms with E-state index in [0.29, 0.717) is 6.42 Å². The van der Waals surface area contributed by atoms with Gasteiger partial charge in [0, 0.05) is 0 Å². The summed E-state index contributed by atoms with van der Waals surface area (Å²) in [4.78, 5) is 48.3. The molecule has 10 heteroatoms. The van der Waals surface area contributed by atoms with Crippen molar-refractivity contribution in [2.24, 2.45) is 17.6 Å². The Morgan fingerprint density at radius 2 is 1.31 bits per heavy atom. The van der Waals surface area contributed by atoms with Crippen LogP contribution in [0.4, 0.5) is 0 Å². The number of aliphatic hydroxyl groups is 1. The number of nitrogens with one attached hydrogen (secondary N) is 3. The van der Waals surface area contributed by atoms with E-state index in [-0.39, 0.29) is 18.3 Å². The van der Waals surface area contributed by atoms with Gasteiger partial charge in [0.1, 0.15) is 12.1 Å². The highest BCUT2D eigenvalue weighted by Gasteiger charge is 2.31. The van der Waals surface area contributed by atoms with Gasteiger partial charge in [0.15, 0.2) is 6.04 Å². The molecule has 29 heavy (non-hydrogen) atoms. The van der Waals surface area contributed by atoms with E-state index < -0.39 is 54.0 Å². The van der Waals surface area contributed by atoms with Crippen LogP contribution in [0, 0.1) is 11.8 Å². The van der Waals surface area contributed by atoms with Gasteiger partial charge < -0.3 is 31.9 Å². The first-order valence-corrected chi connectivity index (χ1v) is 9.83. The standard InChI is InChI=1S/C19H36N4O6/c1-9(2)7-13(20)17(26)21-11(5)16(25)22-14(8-10(3)4)18(27)23-15(12(6)24)19(28)29/h9-15,24H,7-8,20H2,1-6H3,(H,21,26)(H,22,25)(H,23,27)(H,28,29). The van der Waals surface area contributed by atoms with E-state index in [1.807, 2.05) is 27.7 Å². The maximum absolute atomic E-state index is 12.5. The zero-order valence-electron chi connectivity index (χ0n) is 18.1. The zero-order valence-corrected chi connectivity index (χ0v) is 18.1. The Balaban J connectivity index is 5.08. The van der Waals surface area contributed by atoms with Gasteiger partial charge in [-0.1, -0.05) is 27.7 Å². The molecule has 0 heterocycles. The topological polar surface area (TPSA) is 171 Å². The third kappa shape index (κ3) is 10.2.